The van der Waals surface area contributed by atoms with E-state index >= 15 is 0 Å². The van der Waals surface area contributed by atoms with Gasteiger partial charge in [0.2, 0.25) is 0 Å². The molecule has 0 spiro atoms. The molecule has 1 amide bonds. The number of unbranched alkanes of at least 4 members (excludes halogenated alkanes) is 3. The predicted molar refractivity (Wildman–Crippen MR) is 109 cm³/mol. The minimum atomic E-state index is 0.0429. The van der Waals surface area contributed by atoms with Gasteiger partial charge in [-0.3, -0.25) is 4.79 Å². The molecule has 0 aliphatic heterocycles. The summed E-state index contributed by atoms with van der Waals surface area (Å²) in [5.41, 5.74) is 2.35. The van der Waals surface area contributed by atoms with Crippen molar-refractivity contribution in [3.8, 4) is 0 Å². The molecule has 0 atom stereocenters. The van der Waals surface area contributed by atoms with E-state index in [1.54, 1.807) is 0 Å². The standard InChI is InChI=1S/C21H27N3OS/c1-2-3-15-24-18-11-7-6-10-17(18)23-20(24)13-5-4-8-14-22-21(25)19-12-9-16-26-19/h6-7,9-12,16H,2-5,8,13-15H2,1H3,(H,22,25). The van der Waals surface area contributed by atoms with Crippen molar-refractivity contribution in [1.82, 2.24) is 14.9 Å². The van der Waals surface area contributed by atoms with Gasteiger partial charge in [0.05, 0.1) is 15.9 Å². The van der Waals surface area contributed by atoms with Crippen LogP contribution in [0.1, 0.15) is 54.5 Å². The van der Waals surface area contributed by atoms with Crippen molar-refractivity contribution in [3.63, 3.8) is 0 Å². The molecule has 4 nitrogen and oxygen atoms in total. The molecule has 3 rings (SSSR count). The topological polar surface area (TPSA) is 46.9 Å². The van der Waals surface area contributed by atoms with Crippen LogP contribution in [0.5, 0.6) is 0 Å². The third-order valence-corrected chi connectivity index (χ3v) is 5.45. The first-order valence-electron chi connectivity index (χ1n) is 9.55. The third kappa shape index (κ3) is 4.73. The largest absolute Gasteiger partial charge is 0.351 e. The number of benzene rings is 1. The Morgan fingerprint density at radius 3 is 2.81 bits per heavy atom. The predicted octanol–water partition coefficient (Wildman–Crippen LogP) is 5.04. The highest BCUT2D eigenvalue weighted by atomic mass is 32.1. The maximum Gasteiger partial charge on any atom is 0.261 e. The number of aromatic nitrogens is 2. The summed E-state index contributed by atoms with van der Waals surface area (Å²) in [7, 11) is 0. The van der Waals surface area contributed by atoms with E-state index in [2.05, 4.69) is 41.1 Å². The number of nitrogens with one attached hydrogen (secondary N) is 1. The van der Waals surface area contributed by atoms with Crippen LogP contribution >= 0.6 is 11.3 Å². The van der Waals surface area contributed by atoms with Crippen molar-refractivity contribution < 1.29 is 4.79 Å². The highest BCUT2D eigenvalue weighted by Gasteiger charge is 2.10. The van der Waals surface area contributed by atoms with Crippen LogP contribution in [-0.4, -0.2) is 22.0 Å². The van der Waals surface area contributed by atoms with Crippen molar-refractivity contribution in [2.24, 2.45) is 0 Å². The number of nitrogens with zero attached hydrogens (tertiary/aromatic N) is 2. The molecule has 2 aromatic heterocycles. The average molecular weight is 370 g/mol. The van der Waals surface area contributed by atoms with Gasteiger partial charge in [-0.15, -0.1) is 11.3 Å². The first-order valence-corrected chi connectivity index (χ1v) is 10.4. The fourth-order valence-corrected chi connectivity index (χ4v) is 3.80. The molecule has 2 heterocycles. The number of amides is 1. The van der Waals surface area contributed by atoms with Crippen LogP contribution < -0.4 is 5.32 Å². The van der Waals surface area contributed by atoms with E-state index in [1.807, 2.05) is 17.5 Å². The minimum Gasteiger partial charge on any atom is -0.351 e. The summed E-state index contributed by atoms with van der Waals surface area (Å²) >= 11 is 1.48. The number of para-hydroxylation sites is 2. The van der Waals surface area contributed by atoms with Gasteiger partial charge in [-0.2, -0.15) is 0 Å². The van der Waals surface area contributed by atoms with Gasteiger partial charge in [-0.25, -0.2) is 4.98 Å². The molecule has 0 unspecified atom stereocenters. The van der Waals surface area contributed by atoms with Crippen LogP contribution in [0.25, 0.3) is 11.0 Å². The second-order valence-electron chi connectivity index (χ2n) is 6.57. The summed E-state index contributed by atoms with van der Waals surface area (Å²) in [5, 5.41) is 4.93. The second-order valence-corrected chi connectivity index (χ2v) is 7.51. The Bertz CT molecular complexity index is 823. The zero-order valence-electron chi connectivity index (χ0n) is 15.4. The van der Waals surface area contributed by atoms with Crippen molar-refractivity contribution >= 4 is 28.3 Å². The normalized spacial score (nSPS) is 11.1. The highest BCUT2D eigenvalue weighted by molar-refractivity contribution is 7.12. The second kappa shape index (κ2) is 9.53. The molecule has 0 bridgehead atoms. The molecule has 1 aromatic carbocycles. The lowest BCUT2D eigenvalue weighted by atomic mass is 10.2. The number of thiophene rings is 1. The maximum absolute atomic E-state index is 11.9. The van der Waals surface area contributed by atoms with Crippen LogP contribution in [-0.2, 0) is 13.0 Å². The summed E-state index contributed by atoms with van der Waals surface area (Å²) < 4.78 is 2.39. The van der Waals surface area contributed by atoms with Gasteiger partial charge >= 0.3 is 0 Å². The lowest BCUT2D eigenvalue weighted by molar-refractivity contribution is 0.0957. The Hall–Kier alpha value is -2.14. The number of aryl methyl sites for hydroxylation is 2. The van der Waals surface area contributed by atoms with Crippen LogP contribution in [0, 0.1) is 0 Å². The van der Waals surface area contributed by atoms with Crippen LogP contribution in [0.3, 0.4) is 0 Å². The zero-order chi connectivity index (χ0) is 18.2. The molecule has 0 fully saturated rings. The Labute approximate surface area is 159 Å². The average Bonchev–Trinajstić information content (AvgIpc) is 3.30. The lowest BCUT2D eigenvalue weighted by Crippen LogP contribution is -2.23. The number of rotatable bonds is 10. The molecule has 1 N–H and O–H groups in total. The lowest BCUT2D eigenvalue weighted by Gasteiger charge is -2.09. The summed E-state index contributed by atoms with van der Waals surface area (Å²) in [4.78, 5) is 17.5. The fourth-order valence-electron chi connectivity index (χ4n) is 3.16. The molecule has 0 radical (unpaired) electrons. The molecule has 0 saturated carbocycles. The Balaban J connectivity index is 1.46. The summed E-state index contributed by atoms with van der Waals surface area (Å²) in [6.45, 7) is 4.01. The monoisotopic (exact) mass is 369 g/mol. The molecule has 138 valence electrons. The van der Waals surface area contributed by atoms with Gasteiger partial charge in [-0.05, 0) is 42.8 Å². The summed E-state index contributed by atoms with van der Waals surface area (Å²) in [5.74, 6) is 1.24. The summed E-state index contributed by atoms with van der Waals surface area (Å²) in [6, 6.07) is 12.2. The number of hydrogen-bond acceptors (Lipinski definition) is 3. The van der Waals surface area contributed by atoms with E-state index in [9.17, 15) is 4.79 Å². The first-order chi connectivity index (χ1) is 12.8. The Kier molecular flexibility index (Phi) is 6.83. The van der Waals surface area contributed by atoms with Gasteiger partial charge in [-0.1, -0.05) is 38.0 Å². The molecule has 5 heteroatoms. The van der Waals surface area contributed by atoms with E-state index in [0.717, 1.165) is 49.2 Å². The van der Waals surface area contributed by atoms with E-state index in [1.165, 1.54) is 35.5 Å². The van der Waals surface area contributed by atoms with Gasteiger partial charge in [0.25, 0.3) is 5.91 Å². The molecular formula is C21H27N3OS. The quantitative estimate of drug-likeness (QED) is 0.509. The van der Waals surface area contributed by atoms with Crippen molar-refractivity contribution in [2.45, 2.75) is 52.0 Å². The van der Waals surface area contributed by atoms with E-state index in [0.29, 0.717) is 0 Å². The van der Waals surface area contributed by atoms with E-state index in [4.69, 9.17) is 4.98 Å². The summed E-state index contributed by atoms with van der Waals surface area (Å²) in [6.07, 6.45) is 6.58. The number of carbonyl (C=O) groups is 1. The van der Waals surface area contributed by atoms with Gasteiger partial charge < -0.3 is 9.88 Å². The third-order valence-electron chi connectivity index (χ3n) is 4.58. The van der Waals surface area contributed by atoms with E-state index < -0.39 is 0 Å². The Morgan fingerprint density at radius 1 is 1.12 bits per heavy atom. The molecular weight excluding hydrogens is 342 g/mol. The van der Waals surface area contributed by atoms with E-state index in [-0.39, 0.29) is 5.91 Å². The molecule has 26 heavy (non-hydrogen) atoms. The smallest absolute Gasteiger partial charge is 0.261 e. The molecule has 3 aromatic rings. The minimum absolute atomic E-state index is 0.0429. The maximum atomic E-state index is 11.9. The van der Waals surface area contributed by atoms with Crippen LogP contribution in [0.4, 0.5) is 0 Å². The number of carbonyl (C=O) groups excluding carboxylic acids is 1. The molecule has 0 aliphatic rings. The van der Waals surface area contributed by atoms with Crippen LogP contribution in [0.15, 0.2) is 41.8 Å². The number of fused-ring (bicyclic) bond motifs is 1. The zero-order valence-corrected chi connectivity index (χ0v) is 16.2. The van der Waals surface area contributed by atoms with Gasteiger partial charge in [0, 0.05) is 19.5 Å². The van der Waals surface area contributed by atoms with Crippen molar-refractivity contribution in [3.05, 3.63) is 52.5 Å². The number of hydrogen-bond donors (Lipinski definition) is 1. The fraction of sp³-hybridized carbons (Fsp3) is 0.429. The van der Waals surface area contributed by atoms with Crippen LogP contribution in [0.2, 0.25) is 0 Å². The Morgan fingerprint density at radius 2 is 2.00 bits per heavy atom. The van der Waals surface area contributed by atoms with Gasteiger partial charge in [0.1, 0.15) is 5.82 Å². The number of imidazole rings is 1. The highest BCUT2D eigenvalue weighted by Crippen LogP contribution is 2.18. The van der Waals surface area contributed by atoms with Crippen molar-refractivity contribution in [1.29, 1.82) is 0 Å². The van der Waals surface area contributed by atoms with Crippen molar-refractivity contribution in [2.75, 3.05) is 6.54 Å². The first kappa shape index (κ1) is 18.6. The van der Waals surface area contributed by atoms with Gasteiger partial charge in [0.15, 0.2) is 0 Å². The molecule has 0 saturated heterocycles. The molecule has 0 aliphatic carbocycles. The SMILES string of the molecule is CCCCn1c(CCCCCNC(=O)c2cccs2)nc2ccccc21.